The number of ether oxygens (including phenoxy) is 5. The van der Waals surface area contributed by atoms with Crippen LogP contribution in [0.2, 0.25) is 0 Å². The van der Waals surface area contributed by atoms with Gasteiger partial charge in [0.1, 0.15) is 6.10 Å². The van der Waals surface area contributed by atoms with Crippen molar-refractivity contribution in [1.29, 1.82) is 0 Å². The van der Waals surface area contributed by atoms with Gasteiger partial charge in [0.2, 0.25) is 11.6 Å². The van der Waals surface area contributed by atoms with Crippen LogP contribution in [-0.2, 0) is 28.5 Å². The van der Waals surface area contributed by atoms with Gasteiger partial charge in [0.25, 0.3) is 0 Å². The molecule has 1 saturated heterocycles. The molecule has 8 nitrogen and oxygen atoms in total. The highest BCUT2D eigenvalue weighted by Gasteiger charge is 2.62. The van der Waals surface area contributed by atoms with Gasteiger partial charge in [0.15, 0.2) is 5.60 Å². The Morgan fingerprint density at radius 2 is 1.64 bits per heavy atom. The zero-order valence-electron chi connectivity index (χ0n) is 13.5. The summed E-state index contributed by atoms with van der Waals surface area (Å²) < 4.78 is 27.1. The molecule has 8 heteroatoms. The normalized spacial score (nSPS) is 48.6. The standard InChI is InChI=1S/C14H24O8/c1-12(19-4)13(2,20-5)22-10-8(15)6-14(17,11(16)18-3)7-9(10)21-12/h8-10,15,17H,6-7H2,1-5H3/t8-,9?,10?,12+,13+,14+/m1/s1. The minimum Gasteiger partial charge on any atom is -0.467 e. The van der Waals surface area contributed by atoms with Gasteiger partial charge < -0.3 is 33.9 Å². The summed E-state index contributed by atoms with van der Waals surface area (Å²) >= 11 is 0. The van der Waals surface area contributed by atoms with E-state index >= 15 is 0 Å². The highest BCUT2D eigenvalue weighted by Crippen LogP contribution is 2.45. The fraction of sp³-hybridized carbons (Fsp3) is 0.929. The summed E-state index contributed by atoms with van der Waals surface area (Å²) in [6, 6.07) is 0. The number of fused-ring (bicyclic) bond motifs is 1. The number of carbonyl (C=O) groups excluding carboxylic acids is 1. The maximum absolute atomic E-state index is 11.8. The third kappa shape index (κ3) is 2.53. The molecule has 2 fully saturated rings. The van der Waals surface area contributed by atoms with Gasteiger partial charge in [-0.15, -0.1) is 0 Å². The monoisotopic (exact) mass is 320 g/mol. The van der Waals surface area contributed by atoms with Crippen LogP contribution < -0.4 is 0 Å². The molecule has 0 spiro atoms. The molecule has 0 aromatic heterocycles. The van der Waals surface area contributed by atoms with Crippen molar-refractivity contribution < 1.29 is 38.7 Å². The van der Waals surface area contributed by atoms with Crippen molar-refractivity contribution in [2.24, 2.45) is 0 Å². The lowest BCUT2D eigenvalue weighted by Gasteiger charge is -2.55. The maximum atomic E-state index is 11.8. The van der Waals surface area contributed by atoms with Crippen LogP contribution in [0.15, 0.2) is 0 Å². The molecule has 128 valence electrons. The van der Waals surface area contributed by atoms with Crippen LogP contribution in [0.1, 0.15) is 26.7 Å². The van der Waals surface area contributed by atoms with E-state index in [0.717, 1.165) is 0 Å². The number of carbonyl (C=O) groups is 1. The average molecular weight is 320 g/mol. The van der Waals surface area contributed by atoms with Crippen molar-refractivity contribution >= 4 is 5.97 Å². The van der Waals surface area contributed by atoms with Crippen molar-refractivity contribution in [3.05, 3.63) is 0 Å². The van der Waals surface area contributed by atoms with Crippen LogP contribution in [0, 0.1) is 0 Å². The molecule has 0 aromatic carbocycles. The highest BCUT2D eigenvalue weighted by molar-refractivity contribution is 5.79. The molecule has 0 radical (unpaired) electrons. The van der Waals surface area contributed by atoms with E-state index in [-0.39, 0.29) is 12.8 Å². The Kier molecular flexibility index (Phi) is 4.55. The molecular weight excluding hydrogens is 296 g/mol. The van der Waals surface area contributed by atoms with Crippen molar-refractivity contribution in [3.63, 3.8) is 0 Å². The van der Waals surface area contributed by atoms with Crippen molar-refractivity contribution in [3.8, 4) is 0 Å². The Morgan fingerprint density at radius 3 is 2.14 bits per heavy atom. The fourth-order valence-corrected chi connectivity index (χ4v) is 3.09. The van der Waals surface area contributed by atoms with Crippen LogP contribution >= 0.6 is 0 Å². The summed E-state index contributed by atoms with van der Waals surface area (Å²) in [6.45, 7) is 3.27. The lowest BCUT2D eigenvalue weighted by atomic mass is 9.78. The predicted molar refractivity (Wildman–Crippen MR) is 72.8 cm³/mol. The van der Waals surface area contributed by atoms with E-state index in [0.29, 0.717) is 0 Å². The lowest BCUT2D eigenvalue weighted by Crippen LogP contribution is -2.70. The highest BCUT2D eigenvalue weighted by atomic mass is 16.8. The molecule has 0 bridgehead atoms. The number of rotatable bonds is 3. The third-order valence-electron chi connectivity index (χ3n) is 4.74. The second kappa shape index (κ2) is 5.70. The summed E-state index contributed by atoms with van der Waals surface area (Å²) in [7, 11) is 4.06. The summed E-state index contributed by atoms with van der Waals surface area (Å²) in [6.07, 6.45) is -2.88. The third-order valence-corrected chi connectivity index (χ3v) is 4.74. The molecule has 1 aliphatic carbocycles. The summed E-state index contributed by atoms with van der Waals surface area (Å²) in [5.41, 5.74) is -1.83. The Bertz CT molecular complexity index is 443. The molecule has 0 amide bonds. The number of esters is 1. The van der Waals surface area contributed by atoms with Crippen LogP contribution in [0.3, 0.4) is 0 Å². The predicted octanol–water partition coefficient (Wildman–Crippen LogP) is -0.446. The molecule has 2 unspecified atom stereocenters. The number of hydrogen-bond donors (Lipinski definition) is 2. The van der Waals surface area contributed by atoms with E-state index in [1.165, 1.54) is 21.3 Å². The topological polar surface area (TPSA) is 104 Å². The molecule has 1 saturated carbocycles. The van der Waals surface area contributed by atoms with E-state index in [9.17, 15) is 15.0 Å². The van der Waals surface area contributed by atoms with Crippen LogP contribution in [0.25, 0.3) is 0 Å². The lowest BCUT2D eigenvalue weighted by molar-refractivity contribution is -0.460. The van der Waals surface area contributed by atoms with Crippen LogP contribution in [0.5, 0.6) is 0 Å². The zero-order valence-corrected chi connectivity index (χ0v) is 13.5. The van der Waals surface area contributed by atoms with E-state index in [1.54, 1.807) is 13.8 Å². The minimum atomic E-state index is -1.83. The molecule has 6 atom stereocenters. The smallest absolute Gasteiger partial charge is 0.338 e. The van der Waals surface area contributed by atoms with E-state index in [2.05, 4.69) is 4.74 Å². The fourth-order valence-electron chi connectivity index (χ4n) is 3.09. The van der Waals surface area contributed by atoms with Crippen molar-refractivity contribution in [2.75, 3.05) is 21.3 Å². The molecule has 2 N–H and O–H groups in total. The number of hydrogen-bond acceptors (Lipinski definition) is 8. The summed E-state index contributed by atoms with van der Waals surface area (Å²) in [5, 5.41) is 20.7. The SMILES string of the molecule is COC(=O)[C@@]1(O)CC2O[C@](C)(OC)[C@@](C)(OC)OC2[C@H](O)C1. The molecule has 2 rings (SSSR count). The maximum Gasteiger partial charge on any atom is 0.338 e. The average Bonchev–Trinajstić information content (AvgIpc) is 2.48. The first-order valence-electron chi connectivity index (χ1n) is 7.09. The first kappa shape index (κ1) is 17.6. The van der Waals surface area contributed by atoms with Crippen molar-refractivity contribution in [1.82, 2.24) is 0 Å². The second-order valence-corrected chi connectivity index (χ2v) is 6.04. The Morgan fingerprint density at radius 1 is 1.09 bits per heavy atom. The van der Waals surface area contributed by atoms with Gasteiger partial charge in [-0.3, -0.25) is 0 Å². The summed E-state index contributed by atoms with van der Waals surface area (Å²) in [4.78, 5) is 11.8. The van der Waals surface area contributed by atoms with Gasteiger partial charge in [-0.25, -0.2) is 4.79 Å². The molecule has 22 heavy (non-hydrogen) atoms. The second-order valence-electron chi connectivity index (χ2n) is 6.04. The number of aliphatic hydroxyl groups is 2. The molecular formula is C14H24O8. The zero-order chi connectivity index (χ0) is 16.8. The molecule has 0 aromatic rings. The number of methoxy groups -OCH3 is 3. The first-order valence-corrected chi connectivity index (χ1v) is 7.09. The van der Waals surface area contributed by atoms with Gasteiger partial charge >= 0.3 is 5.97 Å². The number of aliphatic hydroxyl groups excluding tert-OH is 1. The quantitative estimate of drug-likeness (QED) is 0.674. The van der Waals surface area contributed by atoms with Gasteiger partial charge in [-0.1, -0.05) is 0 Å². The van der Waals surface area contributed by atoms with Gasteiger partial charge in [0.05, 0.1) is 19.3 Å². The first-order chi connectivity index (χ1) is 10.1. The minimum absolute atomic E-state index is 0.0693. The summed E-state index contributed by atoms with van der Waals surface area (Å²) in [5.74, 6) is -3.32. The molecule has 1 aliphatic heterocycles. The Labute approximate surface area is 129 Å². The van der Waals surface area contributed by atoms with Crippen LogP contribution in [0.4, 0.5) is 0 Å². The van der Waals surface area contributed by atoms with E-state index in [4.69, 9.17) is 18.9 Å². The van der Waals surface area contributed by atoms with Crippen LogP contribution in [-0.4, -0.2) is 73.0 Å². The van der Waals surface area contributed by atoms with E-state index in [1.807, 2.05) is 0 Å². The van der Waals surface area contributed by atoms with E-state index < -0.39 is 41.5 Å². The van der Waals surface area contributed by atoms with Crippen molar-refractivity contribution in [2.45, 2.75) is 62.2 Å². The Balaban J connectivity index is 2.30. The Hall–Kier alpha value is -0.770. The van der Waals surface area contributed by atoms with Gasteiger partial charge in [-0.2, -0.15) is 0 Å². The molecule has 1 heterocycles. The van der Waals surface area contributed by atoms with Gasteiger partial charge in [-0.05, 0) is 13.8 Å². The largest absolute Gasteiger partial charge is 0.467 e. The van der Waals surface area contributed by atoms with Gasteiger partial charge in [0, 0.05) is 27.1 Å². The molecule has 2 aliphatic rings.